The number of aromatic nitrogens is 3. The van der Waals surface area contributed by atoms with Gasteiger partial charge in [0.15, 0.2) is 5.69 Å². The highest BCUT2D eigenvalue weighted by Gasteiger charge is 2.24. The Morgan fingerprint density at radius 3 is 2.61 bits per heavy atom. The molecule has 0 aliphatic heterocycles. The molecule has 158 valence electrons. The normalized spacial score (nSPS) is 13.0. The number of amides is 2. The highest BCUT2D eigenvalue weighted by atomic mass is 16.6. The molecule has 1 fully saturated rings. The van der Waals surface area contributed by atoms with Gasteiger partial charge in [0.2, 0.25) is 0 Å². The summed E-state index contributed by atoms with van der Waals surface area (Å²) in [5.41, 5.74) is 2.60. The van der Waals surface area contributed by atoms with E-state index in [1.165, 1.54) is 22.9 Å². The van der Waals surface area contributed by atoms with Gasteiger partial charge in [0.1, 0.15) is 0 Å². The lowest BCUT2D eigenvalue weighted by Crippen LogP contribution is -2.25. The predicted molar refractivity (Wildman–Crippen MR) is 112 cm³/mol. The van der Waals surface area contributed by atoms with E-state index >= 15 is 0 Å². The van der Waals surface area contributed by atoms with E-state index in [0.29, 0.717) is 22.6 Å². The molecule has 4 rings (SSSR count). The number of aryl methyl sites for hydroxylation is 1. The number of carbonyl (C=O) groups excluding carboxylic acids is 2. The molecule has 0 atom stereocenters. The lowest BCUT2D eigenvalue weighted by Gasteiger charge is -2.10. The van der Waals surface area contributed by atoms with Crippen molar-refractivity contribution in [2.45, 2.75) is 32.7 Å². The fraction of sp³-hybridized carbons (Fsp3) is 0.238. The van der Waals surface area contributed by atoms with Crippen LogP contribution < -0.4 is 10.6 Å². The molecule has 3 aromatic rings. The Balaban J connectivity index is 1.56. The average Bonchev–Trinajstić information content (AvgIpc) is 3.48. The Kier molecular flexibility index (Phi) is 5.20. The third-order valence-electron chi connectivity index (χ3n) is 5.06. The number of benzene rings is 2. The van der Waals surface area contributed by atoms with E-state index in [0.717, 1.165) is 18.4 Å². The summed E-state index contributed by atoms with van der Waals surface area (Å²) in [5.74, 6) is -0.664. The fourth-order valence-electron chi connectivity index (χ4n) is 3.10. The van der Waals surface area contributed by atoms with Crippen molar-refractivity contribution in [3.8, 4) is 5.69 Å². The second-order valence-corrected chi connectivity index (χ2v) is 7.44. The van der Waals surface area contributed by atoms with Gasteiger partial charge >= 0.3 is 0 Å². The maximum absolute atomic E-state index is 12.8. The van der Waals surface area contributed by atoms with Crippen molar-refractivity contribution >= 4 is 23.2 Å². The van der Waals surface area contributed by atoms with Crippen LogP contribution in [-0.2, 0) is 0 Å². The number of anilines is 1. The first-order valence-corrected chi connectivity index (χ1v) is 9.73. The van der Waals surface area contributed by atoms with Crippen LogP contribution in [0.4, 0.5) is 11.4 Å². The van der Waals surface area contributed by atoms with Crippen LogP contribution in [0.5, 0.6) is 0 Å². The quantitative estimate of drug-likeness (QED) is 0.465. The van der Waals surface area contributed by atoms with Crippen molar-refractivity contribution in [1.29, 1.82) is 0 Å². The number of nitrogens with one attached hydrogen (secondary N) is 2. The number of nitrogens with zero attached hydrogens (tertiary/aromatic N) is 4. The van der Waals surface area contributed by atoms with Crippen LogP contribution in [0.15, 0.2) is 42.5 Å². The number of rotatable bonds is 6. The summed E-state index contributed by atoms with van der Waals surface area (Å²) in [6.07, 6.45) is 1.97. The molecule has 2 N–H and O–H groups in total. The largest absolute Gasteiger partial charge is 0.349 e. The van der Waals surface area contributed by atoms with Crippen molar-refractivity contribution in [1.82, 2.24) is 20.3 Å². The molecule has 0 radical (unpaired) electrons. The van der Waals surface area contributed by atoms with Gasteiger partial charge in [0, 0.05) is 29.4 Å². The first-order chi connectivity index (χ1) is 14.8. The fourth-order valence-corrected chi connectivity index (χ4v) is 3.10. The standard InChI is InChI=1S/C21H20N6O4/c1-12-6-7-14(20(28)22-15-8-9-15)10-18(12)23-21(29)19-13(2)26(25-24-19)16-4-3-5-17(11-16)27(30)31/h3-7,10-11,15H,8-9H2,1-2H3,(H,22,28)(H,23,29). The van der Waals surface area contributed by atoms with E-state index in [1.54, 1.807) is 31.2 Å². The zero-order chi connectivity index (χ0) is 22.1. The van der Waals surface area contributed by atoms with E-state index in [1.807, 2.05) is 6.92 Å². The van der Waals surface area contributed by atoms with Crippen LogP contribution in [0.2, 0.25) is 0 Å². The van der Waals surface area contributed by atoms with Crippen molar-refractivity contribution in [2.75, 3.05) is 5.32 Å². The van der Waals surface area contributed by atoms with Crippen LogP contribution in [-0.4, -0.2) is 37.8 Å². The van der Waals surface area contributed by atoms with E-state index < -0.39 is 10.8 Å². The number of hydrogen-bond acceptors (Lipinski definition) is 6. The molecule has 1 aromatic heterocycles. The molecule has 10 heteroatoms. The second-order valence-electron chi connectivity index (χ2n) is 7.44. The molecular formula is C21H20N6O4. The minimum atomic E-state index is -0.501. The van der Waals surface area contributed by atoms with Crippen LogP contribution in [0.1, 0.15) is 44.9 Å². The maximum Gasteiger partial charge on any atom is 0.278 e. The summed E-state index contributed by atoms with van der Waals surface area (Å²) in [4.78, 5) is 35.7. The lowest BCUT2D eigenvalue weighted by molar-refractivity contribution is -0.384. The summed E-state index contributed by atoms with van der Waals surface area (Å²) in [6.45, 7) is 3.48. The number of nitro groups is 1. The Bertz CT molecular complexity index is 1200. The van der Waals surface area contributed by atoms with Crippen LogP contribution in [0, 0.1) is 24.0 Å². The average molecular weight is 420 g/mol. The zero-order valence-corrected chi connectivity index (χ0v) is 17.0. The highest BCUT2D eigenvalue weighted by Crippen LogP contribution is 2.23. The number of nitro benzene ring substituents is 1. The van der Waals surface area contributed by atoms with Crippen molar-refractivity contribution in [2.24, 2.45) is 0 Å². The minimum absolute atomic E-state index is 0.0822. The summed E-state index contributed by atoms with van der Waals surface area (Å²) in [6, 6.07) is 11.3. The molecule has 0 spiro atoms. The van der Waals surface area contributed by atoms with Crippen molar-refractivity contribution in [3.63, 3.8) is 0 Å². The number of non-ortho nitro benzene ring substituents is 1. The van der Waals surface area contributed by atoms with Crippen LogP contribution in [0.25, 0.3) is 5.69 Å². The highest BCUT2D eigenvalue weighted by molar-refractivity contribution is 6.05. The van der Waals surface area contributed by atoms with Gasteiger partial charge in [-0.2, -0.15) is 0 Å². The van der Waals surface area contributed by atoms with E-state index in [-0.39, 0.29) is 23.3 Å². The molecule has 0 bridgehead atoms. The topological polar surface area (TPSA) is 132 Å². The smallest absolute Gasteiger partial charge is 0.278 e. The van der Waals surface area contributed by atoms with Gasteiger partial charge in [-0.1, -0.05) is 17.3 Å². The SMILES string of the molecule is Cc1ccc(C(=O)NC2CC2)cc1NC(=O)c1nnn(-c2cccc([N+](=O)[O-])c2)c1C. The van der Waals surface area contributed by atoms with Gasteiger partial charge in [-0.15, -0.1) is 5.10 Å². The van der Waals surface area contributed by atoms with E-state index in [9.17, 15) is 19.7 Å². The van der Waals surface area contributed by atoms with Gasteiger partial charge in [0.25, 0.3) is 17.5 Å². The third kappa shape index (κ3) is 4.27. The van der Waals surface area contributed by atoms with Crippen LogP contribution in [0.3, 0.4) is 0 Å². The Hall–Kier alpha value is -4.08. The first kappa shape index (κ1) is 20.2. The monoisotopic (exact) mass is 420 g/mol. The Labute approximate surface area is 177 Å². The Morgan fingerprint density at radius 2 is 1.90 bits per heavy atom. The molecule has 2 amide bonds. The molecule has 1 heterocycles. The first-order valence-electron chi connectivity index (χ1n) is 9.73. The molecule has 1 saturated carbocycles. The predicted octanol–water partition coefficient (Wildman–Crippen LogP) is 2.94. The summed E-state index contributed by atoms with van der Waals surface area (Å²) in [7, 11) is 0. The molecule has 2 aromatic carbocycles. The molecular weight excluding hydrogens is 400 g/mol. The molecule has 1 aliphatic rings. The number of carbonyl (C=O) groups is 2. The number of hydrogen-bond donors (Lipinski definition) is 2. The van der Waals surface area contributed by atoms with Crippen molar-refractivity contribution in [3.05, 3.63) is 75.1 Å². The van der Waals surface area contributed by atoms with E-state index in [2.05, 4.69) is 20.9 Å². The molecule has 0 saturated heterocycles. The summed E-state index contributed by atoms with van der Waals surface area (Å²) in [5, 5.41) is 24.7. The van der Waals surface area contributed by atoms with Crippen LogP contribution >= 0.6 is 0 Å². The zero-order valence-electron chi connectivity index (χ0n) is 17.0. The second kappa shape index (κ2) is 7.98. The lowest BCUT2D eigenvalue weighted by atomic mass is 10.1. The van der Waals surface area contributed by atoms with Gasteiger partial charge in [0.05, 0.1) is 16.3 Å². The Morgan fingerprint density at radius 1 is 1.13 bits per heavy atom. The molecule has 10 nitrogen and oxygen atoms in total. The molecule has 1 aliphatic carbocycles. The molecule has 31 heavy (non-hydrogen) atoms. The van der Waals surface area contributed by atoms with E-state index in [4.69, 9.17) is 0 Å². The van der Waals surface area contributed by atoms with Gasteiger partial charge in [-0.3, -0.25) is 19.7 Å². The minimum Gasteiger partial charge on any atom is -0.349 e. The molecule has 0 unspecified atom stereocenters. The van der Waals surface area contributed by atoms with Gasteiger partial charge in [-0.05, 0) is 50.5 Å². The van der Waals surface area contributed by atoms with Gasteiger partial charge < -0.3 is 10.6 Å². The summed E-state index contributed by atoms with van der Waals surface area (Å²) < 4.78 is 1.37. The summed E-state index contributed by atoms with van der Waals surface area (Å²) >= 11 is 0. The maximum atomic E-state index is 12.8. The third-order valence-corrected chi connectivity index (χ3v) is 5.06. The van der Waals surface area contributed by atoms with Gasteiger partial charge in [-0.25, -0.2) is 4.68 Å². The van der Waals surface area contributed by atoms with Crippen molar-refractivity contribution < 1.29 is 14.5 Å².